The van der Waals surface area contributed by atoms with Crippen LogP contribution in [-0.4, -0.2) is 39.7 Å². The van der Waals surface area contributed by atoms with Crippen LogP contribution in [0.2, 0.25) is 10.0 Å². The Morgan fingerprint density at radius 2 is 2.27 bits per heavy atom. The summed E-state index contributed by atoms with van der Waals surface area (Å²) in [7, 11) is 1.92. The lowest BCUT2D eigenvalue weighted by atomic mass is 10.5. The van der Waals surface area contributed by atoms with E-state index < -0.39 is 0 Å². The van der Waals surface area contributed by atoms with E-state index in [2.05, 4.69) is 10.4 Å². The Balaban J connectivity index is 1.75. The van der Waals surface area contributed by atoms with Gasteiger partial charge in [-0.25, -0.2) is 0 Å². The summed E-state index contributed by atoms with van der Waals surface area (Å²) < 4.78 is 3.84. The normalized spacial score (nSPS) is 16.0. The van der Waals surface area contributed by atoms with Gasteiger partial charge in [-0.3, -0.25) is 9.20 Å². The molecule has 6 nitrogen and oxygen atoms in total. The molecule has 1 saturated carbocycles. The minimum Gasteiger partial charge on any atom is -0.348 e. The van der Waals surface area contributed by atoms with E-state index in [0.717, 1.165) is 17.7 Å². The van der Waals surface area contributed by atoms with E-state index in [4.69, 9.17) is 35.4 Å². The lowest BCUT2D eigenvalue weighted by Gasteiger charge is -2.13. The van der Waals surface area contributed by atoms with Crippen molar-refractivity contribution in [2.75, 3.05) is 13.6 Å². The van der Waals surface area contributed by atoms with Gasteiger partial charge in [-0.15, -0.1) is 5.10 Å². The summed E-state index contributed by atoms with van der Waals surface area (Å²) in [5.74, 6) is 0.0522. The highest BCUT2D eigenvalue weighted by Crippen LogP contribution is 2.21. The van der Waals surface area contributed by atoms with Crippen LogP contribution in [0.5, 0.6) is 0 Å². The Labute approximate surface area is 142 Å². The van der Waals surface area contributed by atoms with Gasteiger partial charge in [0, 0.05) is 12.2 Å². The number of aromatic nitrogens is 3. The molecule has 2 N–H and O–H groups in total. The standard InChI is InChI=1S/C13H15Cl2N5OS/c1-18(6-11(21)16-9-2-3-9)7-20-13(22)19-5-8(14)4-10(15)12(19)17-20/h4-5,9H,2-3,6-7H2,1H3,(H,16,21)/p+1. The number of likely N-dealkylation sites (N-methyl/N-ethyl adjacent to an activating group) is 1. The van der Waals surface area contributed by atoms with Gasteiger partial charge in [-0.2, -0.15) is 4.68 Å². The first kappa shape index (κ1) is 15.7. The van der Waals surface area contributed by atoms with E-state index in [1.807, 2.05) is 7.05 Å². The molecule has 2 aromatic heterocycles. The first-order valence-electron chi connectivity index (χ1n) is 6.99. The van der Waals surface area contributed by atoms with Gasteiger partial charge < -0.3 is 10.2 Å². The molecule has 0 spiro atoms. The van der Waals surface area contributed by atoms with Gasteiger partial charge in [0.25, 0.3) is 5.91 Å². The number of hydrogen-bond acceptors (Lipinski definition) is 3. The summed E-state index contributed by atoms with van der Waals surface area (Å²) in [4.78, 5) is 12.8. The second kappa shape index (κ2) is 6.16. The largest absolute Gasteiger partial charge is 0.348 e. The second-order valence-electron chi connectivity index (χ2n) is 5.62. The fourth-order valence-electron chi connectivity index (χ4n) is 2.24. The number of nitrogens with one attached hydrogen (secondary N) is 2. The molecule has 1 atom stereocenters. The van der Waals surface area contributed by atoms with E-state index in [0.29, 0.717) is 39.7 Å². The number of nitrogens with zero attached hydrogens (tertiary/aromatic N) is 3. The van der Waals surface area contributed by atoms with Crippen molar-refractivity contribution in [3.05, 3.63) is 27.1 Å². The topological polar surface area (TPSA) is 55.8 Å². The molecule has 9 heteroatoms. The smallest absolute Gasteiger partial charge is 0.275 e. The van der Waals surface area contributed by atoms with E-state index in [-0.39, 0.29) is 5.91 Å². The van der Waals surface area contributed by atoms with Gasteiger partial charge >= 0.3 is 0 Å². The van der Waals surface area contributed by atoms with E-state index >= 15 is 0 Å². The number of halogens is 2. The van der Waals surface area contributed by atoms with Crippen molar-refractivity contribution >= 4 is 47.0 Å². The third-order valence-electron chi connectivity index (χ3n) is 3.43. The zero-order chi connectivity index (χ0) is 15.9. The number of carbonyl (C=O) groups is 1. The molecular formula is C13H16Cl2N5OS+. The van der Waals surface area contributed by atoms with Crippen molar-refractivity contribution in [1.29, 1.82) is 0 Å². The fourth-order valence-corrected chi connectivity index (χ4v) is 2.99. The van der Waals surface area contributed by atoms with Gasteiger partial charge in [-0.1, -0.05) is 23.2 Å². The molecule has 0 saturated heterocycles. The lowest BCUT2D eigenvalue weighted by molar-refractivity contribution is -0.895. The van der Waals surface area contributed by atoms with Gasteiger partial charge in [0.05, 0.1) is 17.1 Å². The van der Waals surface area contributed by atoms with Gasteiger partial charge in [0.1, 0.15) is 0 Å². The molecule has 1 aliphatic rings. The van der Waals surface area contributed by atoms with Crippen molar-refractivity contribution in [1.82, 2.24) is 19.5 Å². The highest BCUT2D eigenvalue weighted by atomic mass is 35.5. The highest BCUT2D eigenvalue weighted by Gasteiger charge is 2.24. The van der Waals surface area contributed by atoms with Crippen LogP contribution in [0.3, 0.4) is 0 Å². The Morgan fingerprint density at radius 3 is 2.95 bits per heavy atom. The molecule has 1 amide bonds. The predicted octanol–water partition coefficient (Wildman–Crippen LogP) is 0.923. The van der Waals surface area contributed by atoms with Crippen LogP contribution >= 0.6 is 35.4 Å². The van der Waals surface area contributed by atoms with Crippen LogP contribution in [0, 0.1) is 4.77 Å². The van der Waals surface area contributed by atoms with Gasteiger partial charge in [0.2, 0.25) is 4.77 Å². The van der Waals surface area contributed by atoms with Crippen molar-refractivity contribution in [3.63, 3.8) is 0 Å². The summed E-state index contributed by atoms with van der Waals surface area (Å²) in [5, 5.41) is 8.32. The number of carbonyl (C=O) groups excluding carboxylic acids is 1. The van der Waals surface area contributed by atoms with Crippen LogP contribution in [-0.2, 0) is 11.5 Å². The fraction of sp³-hybridized carbons (Fsp3) is 0.462. The molecule has 118 valence electrons. The zero-order valence-corrected chi connectivity index (χ0v) is 14.3. The summed E-state index contributed by atoms with van der Waals surface area (Å²) in [5.41, 5.74) is 0.561. The molecule has 2 heterocycles. The number of fused-ring (bicyclic) bond motifs is 1. The van der Waals surface area contributed by atoms with Crippen molar-refractivity contribution < 1.29 is 9.69 Å². The molecule has 1 fully saturated rings. The highest BCUT2D eigenvalue weighted by molar-refractivity contribution is 7.71. The minimum atomic E-state index is 0.0522. The molecule has 22 heavy (non-hydrogen) atoms. The maximum absolute atomic E-state index is 11.8. The molecule has 0 radical (unpaired) electrons. The summed E-state index contributed by atoms with van der Waals surface area (Å²) in [6, 6.07) is 2.00. The van der Waals surface area contributed by atoms with Gasteiger partial charge in [-0.05, 0) is 31.1 Å². The SMILES string of the molecule is C[NH+](CC(=O)NC1CC1)Cn1nc2c(Cl)cc(Cl)cn2c1=S. The summed E-state index contributed by atoms with van der Waals surface area (Å²) in [6.45, 7) is 0.854. The van der Waals surface area contributed by atoms with E-state index in [1.165, 1.54) is 0 Å². The number of pyridine rings is 1. The third kappa shape index (κ3) is 3.43. The molecule has 1 unspecified atom stereocenters. The van der Waals surface area contributed by atoms with Crippen molar-refractivity contribution in [2.45, 2.75) is 25.6 Å². The Bertz CT molecular complexity index is 783. The Kier molecular flexibility index (Phi) is 4.40. The van der Waals surface area contributed by atoms with Crippen molar-refractivity contribution in [3.8, 4) is 0 Å². The molecule has 0 bridgehead atoms. The number of rotatable bonds is 5. The average Bonchev–Trinajstić information content (AvgIpc) is 3.17. The first-order valence-corrected chi connectivity index (χ1v) is 8.15. The maximum atomic E-state index is 11.8. The maximum Gasteiger partial charge on any atom is 0.275 e. The van der Waals surface area contributed by atoms with E-state index in [9.17, 15) is 4.79 Å². The molecular weight excluding hydrogens is 345 g/mol. The number of hydrogen-bond donors (Lipinski definition) is 2. The van der Waals surface area contributed by atoms with Crippen LogP contribution in [0.1, 0.15) is 12.8 Å². The third-order valence-corrected chi connectivity index (χ3v) is 4.32. The van der Waals surface area contributed by atoms with Crippen molar-refractivity contribution in [2.24, 2.45) is 0 Å². The second-order valence-corrected chi connectivity index (χ2v) is 6.82. The number of amides is 1. The molecule has 3 rings (SSSR count). The first-order chi connectivity index (χ1) is 10.4. The minimum absolute atomic E-state index is 0.0522. The quantitative estimate of drug-likeness (QED) is 0.779. The number of quaternary nitrogens is 1. The van der Waals surface area contributed by atoms with Crippen LogP contribution in [0.15, 0.2) is 12.3 Å². The van der Waals surface area contributed by atoms with Crippen LogP contribution < -0.4 is 10.2 Å². The Hall–Kier alpha value is -1.15. The molecule has 1 aliphatic carbocycles. The van der Waals surface area contributed by atoms with Crippen LogP contribution in [0.4, 0.5) is 0 Å². The van der Waals surface area contributed by atoms with Crippen LogP contribution in [0.25, 0.3) is 5.65 Å². The van der Waals surface area contributed by atoms with Gasteiger partial charge in [0.15, 0.2) is 18.9 Å². The predicted molar refractivity (Wildman–Crippen MR) is 87.0 cm³/mol. The lowest BCUT2D eigenvalue weighted by Crippen LogP contribution is -3.09. The molecule has 2 aromatic rings. The zero-order valence-electron chi connectivity index (χ0n) is 12.0. The summed E-state index contributed by atoms with van der Waals surface area (Å²) >= 11 is 17.5. The monoisotopic (exact) mass is 360 g/mol. The summed E-state index contributed by atoms with van der Waals surface area (Å²) in [6.07, 6.45) is 3.85. The average molecular weight is 361 g/mol. The van der Waals surface area contributed by atoms with E-state index in [1.54, 1.807) is 21.3 Å². The molecule has 0 aromatic carbocycles. The molecule has 0 aliphatic heterocycles. The Morgan fingerprint density at radius 1 is 1.55 bits per heavy atom.